The van der Waals surface area contributed by atoms with Crippen LogP contribution < -0.4 is 11.1 Å². The van der Waals surface area contributed by atoms with Gasteiger partial charge in [0.25, 0.3) is 5.91 Å². The Hall–Kier alpha value is -2.24. The average molecular weight is 325 g/mol. The van der Waals surface area contributed by atoms with E-state index in [2.05, 4.69) is 5.32 Å². The molecule has 0 saturated heterocycles. The average Bonchev–Trinajstić information content (AvgIpc) is 2.42. The lowest BCUT2D eigenvalue weighted by Gasteiger charge is -2.10. The molecule has 0 aromatic heterocycles. The highest BCUT2D eigenvalue weighted by molar-refractivity contribution is 6.40. The number of carboxylic acid groups (broad SMARTS) is 1. The number of halogens is 2. The number of carbonyl (C=O) groups excluding carboxylic acids is 1. The van der Waals surface area contributed by atoms with E-state index in [-0.39, 0.29) is 21.3 Å². The van der Waals surface area contributed by atoms with Crippen LogP contribution >= 0.6 is 23.2 Å². The number of rotatable bonds is 3. The number of anilines is 2. The summed E-state index contributed by atoms with van der Waals surface area (Å²) in [5.74, 6) is -1.61. The lowest BCUT2D eigenvalue weighted by molar-refractivity contribution is 0.0696. The van der Waals surface area contributed by atoms with Gasteiger partial charge < -0.3 is 16.2 Å². The highest BCUT2D eigenvalue weighted by atomic mass is 35.5. The van der Waals surface area contributed by atoms with Crippen LogP contribution in [0, 0.1) is 0 Å². The van der Waals surface area contributed by atoms with E-state index in [1.165, 1.54) is 18.2 Å². The summed E-state index contributed by atoms with van der Waals surface area (Å²) in [7, 11) is 0. The molecule has 0 spiro atoms. The Bertz CT molecular complexity index is 709. The van der Waals surface area contributed by atoms with Crippen LogP contribution in [-0.2, 0) is 0 Å². The first-order valence-electron chi connectivity index (χ1n) is 5.77. The molecule has 0 saturated carbocycles. The van der Waals surface area contributed by atoms with Crippen molar-refractivity contribution in [2.45, 2.75) is 0 Å². The number of carboxylic acids is 1. The van der Waals surface area contributed by atoms with Gasteiger partial charge in [0.1, 0.15) is 0 Å². The van der Waals surface area contributed by atoms with Gasteiger partial charge in [-0.3, -0.25) is 4.79 Å². The molecule has 0 bridgehead atoms. The second-order valence-corrected chi connectivity index (χ2v) is 5.01. The van der Waals surface area contributed by atoms with Crippen molar-refractivity contribution >= 4 is 46.5 Å². The van der Waals surface area contributed by atoms with Crippen molar-refractivity contribution in [2.24, 2.45) is 0 Å². The topological polar surface area (TPSA) is 92.4 Å². The summed E-state index contributed by atoms with van der Waals surface area (Å²) in [6.45, 7) is 0. The molecule has 2 aromatic carbocycles. The highest BCUT2D eigenvalue weighted by Gasteiger charge is 2.15. The molecule has 0 aliphatic rings. The number of aromatic carboxylic acids is 1. The SMILES string of the molecule is Nc1cccc(C(=O)Nc2c(Cl)cc(C(=O)O)cc2Cl)c1. The van der Waals surface area contributed by atoms with Crippen molar-refractivity contribution in [1.82, 2.24) is 0 Å². The summed E-state index contributed by atoms with van der Waals surface area (Å²) in [6, 6.07) is 8.80. The van der Waals surface area contributed by atoms with Crippen molar-refractivity contribution < 1.29 is 14.7 Å². The van der Waals surface area contributed by atoms with Crippen molar-refractivity contribution in [1.29, 1.82) is 0 Å². The summed E-state index contributed by atoms with van der Waals surface area (Å²) >= 11 is 11.9. The van der Waals surface area contributed by atoms with Gasteiger partial charge in [-0.25, -0.2) is 4.79 Å². The van der Waals surface area contributed by atoms with E-state index >= 15 is 0 Å². The predicted octanol–water partition coefficient (Wildman–Crippen LogP) is 3.53. The summed E-state index contributed by atoms with van der Waals surface area (Å²) < 4.78 is 0. The molecular formula is C14H10Cl2N2O3. The third kappa shape index (κ3) is 3.45. The van der Waals surface area contributed by atoms with Gasteiger partial charge in [-0.15, -0.1) is 0 Å². The molecule has 2 aromatic rings. The van der Waals surface area contributed by atoms with E-state index in [1.807, 2.05) is 0 Å². The van der Waals surface area contributed by atoms with E-state index in [0.717, 1.165) is 0 Å². The Morgan fingerprint density at radius 2 is 1.67 bits per heavy atom. The number of carbonyl (C=O) groups is 2. The molecule has 2 rings (SSSR count). The van der Waals surface area contributed by atoms with Gasteiger partial charge in [-0.1, -0.05) is 29.3 Å². The number of nitrogen functional groups attached to an aromatic ring is 1. The molecule has 5 nitrogen and oxygen atoms in total. The van der Waals surface area contributed by atoms with Crippen LogP contribution in [0.3, 0.4) is 0 Å². The number of amides is 1. The second-order valence-electron chi connectivity index (χ2n) is 4.20. The first kappa shape index (κ1) is 15.2. The summed E-state index contributed by atoms with van der Waals surface area (Å²) in [4.78, 5) is 23.0. The van der Waals surface area contributed by atoms with Crippen LogP contribution in [0.5, 0.6) is 0 Å². The standard InChI is InChI=1S/C14H10Cl2N2O3/c15-10-5-8(14(20)21)6-11(16)12(10)18-13(19)7-2-1-3-9(17)4-7/h1-6H,17H2,(H,18,19)(H,20,21). The Morgan fingerprint density at radius 3 is 2.19 bits per heavy atom. The fraction of sp³-hybridized carbons (Fsp3) is 0. The Morgan fingerprint density at radius 1 is 1.05 bits per heavy atom. The lowest BCUT2D eigenvalue weighted by Crippen LogP contribution is -2.13. The smallest absolute Gasteiger partial charge is 0.335 e. The van der Waals surface area contributed by atoms with Crippen molar-refractivity contribution in [3.05, 3.63) is 57.6 Å². The van der Waals surface area contributed by atoms with Crippen LogP contribution in [0.4, 0.5) is 11.4 Å². The maximum absolute atomic E-state index is 12.1. The zero-order chi connectivity index (χ0) is 15.6. The predicted molar refractivity (Wildman–Crippen MR) is 82.2 cm³/mol. The van der Waals surface area contributed by atoms with Gasteiger partial charge >= 0.3 is 5.97 Å². The third-order valence-electron chi connectivity index (χ3n) is 2.68. The van der Waals surface area contributed by atoms with E-state index < -0.39 is 11.9 Å². The summed E-state index contributed by atoms with van der Waals surface area (Å²) in [6.07, 6.45) is 0. The number of nitrogens with two attached hydrogens (primary N) is 1. The van der Waals surface area contributed by atoms with Crippen LogP contribution in [0.25, 0.3) is 0 Å². The molecular weight excluding hydrogens is 315 g/mol. The molecule has 0 aliphatic carbocycles. The normalized spacial score (nSPS) is 10.2. The molecule has 4 N–H and O–H groups in total. The molecule has 0 aliphatic heterocycles. The molecule has 0 fully saturated rings. The van der Waals surface area contributed by atoms with E-state index in [1.54, 1.807) is 18.2 Å². The fourth-order valence-electron chi connectivity index (χ4n) is 1.68. The third-order valence-corrected chi connectivity index (χ3v) is 3.27. The first-order chi connectivity index (χ1) is 9.88. The minimum atomic E-state index is -1.16. The van der Waals surface area contributed by atoms with Crippen molar-refractivity contribution in [3.63, 3.8) is 0 Å². The fourth-order valence-corrected chi connectivity index (χ4v) is 2.26. The quantitative estimate of drug-likeness (QED) is 0.753. The number of hydrogen-bond donors (Lipinski definition) is 3. The van der Waals surface area contributed by atoms with E-state index in [4.69, 9.17) is 34.0 Å². The van der Waals surface area contributed by atoms with Crippen LogP contribution in [0.2, 0.25) is 10.0 Å². The zero-order valence-corrected chi connectivity index (χ0v) is 12.1. The minimum Gasteiger partial charge on any atom is -0.478 e. The van der Waals surface area contributed by atoms with Gasteiger partial charge in [0.15, 0.2) is 0 Å². The second kappa shape index (κ2) is 6.03. The Balaban J connectivity index is 2.32. The van der Waals surface area contributed by atoms with Crippen LogP contribution in [-0.4, -0.2) is 17.0 Å². The van der Waals surface area contributed by atoms with Gasteiger partial charge in [0.2, 0.25) is 0 Å². The highest BCUT2D eigenvalue weighted by Crippen LogP contribution is 2.32. The molecule has 0 atom stereocenters. The number of hydrogen-bond acceptors (Lipinski definition) is 3. The summed E-state index contributed by atoms with van der Waals surface area (Å²) in [5, 5.41) is 11.5. The number of nitrogens with one attached hydrogen (secondary N) is 1. The van der Waals surface area contributed by atoms with Crippen LogP contribution in [0.1, 0.15) is 20.7 Å². The molecule has 7 heteroatoms. The van der Waals surface area contributed by atoms with Crippen molar-refractivity contribution in [3.8, 4) is 0 Å². The van der Waals surface area contributed by atoms with Gasteiger partial charge in [0, 0.05) is 11.3 Å². The van der Waals surface area contributed by atoms with Gasteiger partial charge in [-0.05, 0) is 30.3 Å². The first-order valence-corrected chi connectivity index (χ1v) is 6.53. The largest absolute Gasteiger partial charge is 0.478 e. The monoisotopic (exact) mass is 324 g/mol. The van der Waals surface area contributed by atoms with E-state index in [9.17, 15) is 9.59 Å². The van der Waals surface area contributed by atoms with Crippen LogP contribution in [0.15, 0.2) is 36.4 Å². The molecule has 108 valence electrons. The number of benzene rings is 2. The van der Waals surface area contributed by atoms with Gasteiger partial charge in [-0.2, -0.15) is 0 Å². The maximum Gasteiger partial charge on any atom is 0.335 e. The zero-order valence-electron chi connectivity index (χ0n) is 10.6. The summed E-state index contributed by atoms with van der Waals surface area (Å²) in [5.41, 5.74) is 6.47. The molecule has 0 radical (unpaired) electrons. The molecule has 0 unspecified atom stereocenters. The maximum atomic E-state index is 12.1. The Kier molecular flexibility index (Phi) is 4.35. The molecule has 21 heavy (non-hydrogen) atoms. The van der Waals surface area contributed by atoms with Crippen molar-refractivity contribution in [2.75, 3.05) is 11.1 Å². The molecule has 1 amide bonds. The van der Waals surface area contributed by atoms with Gasteiger partial charge in [0.05, 0.1) is 21.3 Å². The minimum absolute atomic E-state index is 0.0390. The van der Waals surface area contributed by atoms with E-state index in [0.29, 0.717) is 11.3 Å². The lowest BCUT2D eigenvalue weighted by atomic mass is 10.1. The molecule has 0 heterocycles. The Labute approximate surface area is 130 Å².